The van der Waals surface area contributed by atoms with E-state index in [0.29, 0.717) is 12.0 Å². The molecule has 0 unspecified atom stereocenters. The van der Waals surface area contributed by atoms with Crippen molar-refractivity contribution in [3.8, 4) is 0 Å². The molecular weight excluding hydrogens is 369 g/mol. The second-order valence-corrected chi connectivity index (χ2v) is 8.86. The summed E-state index contributed by atoms with van der Waals surface area (Å²) >= 11 is 6.00. The van der Waals surface area contributed by atoms with Gasteiger partial charge in [0.2, 0.25) is 0 Å². The third kappa shape index (κ3) is 4.35. The second kappa shape index (κ2) is 8.08. The van der Waals surface area contributed by atoms with E-state index in [4.69, 9.17) is 4.74 Å². The first-order valence-corrected chi connectivity index (χ1v) is 9.98. The predicted octanol–water partition coefficient (Wildman–Crippen LogP) is 4.32. The van der Waals surface area contributed by atoms with E-state index in [1.807, 2.05) is 0 Å². The minimum atomic E-state index is -0.00579. The zero-order valence-corrected chi connectivity index (χ0v) is 13.7. The summed E-state index contributed by atoms with van der Waals surface area (Å²) in [6.45, 7) is 8.76. The van der Waals surface area contributed by atoms with E-state index in [9.17, 15) is 0 Å². The summed E-state index contributed by atoms with van der Waals surface area (Å²) in [5.41, 5.74) is -0.00579. The van der Waals surface area contributed by atoms with Crippen LogP contribution in [-0.4, -0.2) is 18.0 Å². The van der Waals surface area contributed by atoms with Gasteiger partial charge in [-0.05, 0) is 18.8 Å². The van der Waals surface area contributed by atoms with Gasteiger partial charge in [-0.3, -0.25) is 4.99 Å². The van der Waals surface area contributed by atoms with E-state index < -0.39 is 0 Å². The molecule has 0 radical (unpaired) electrons. The van der Waals surface area contributed by atoms with Crippen molar-refractivity contribution < 1.29 is 15.6 Å². The summed E-state index contributed by atoms with van der Waals surface area (Å²) in [6, 6.07) is 0.354. The molecule has 0 N–H and O–H groups in total. The number of aliphatic imine (C=N–C) groups is 1. The molecular formula is C10H19Br2NNiO. The molecule has 1 aliphatic heterocycles. The fourth-order valence-electron chi connectivity index (χ4n) is 2.02. The van der Waals surface area contributed by atoms with Crippen LogP contribution in [-0.2, 0) is 15.6 Å². The van der Waals surface area contributed by atoms with Gasteiger partial charge in [-0.1, -0.05) is 27.7 Å². The van der Waals surface area contributed by atoms with Gasteiger partial charge in [0.1, 0.15) is 5.60 Å². The second-order valence-electron chi connectivity index (χ2n) is 3.88. The Hall–Kier alpha value is 0.924. The Bertz CT molecular complexity index is 196. The normalized spacial score (nSPS) is 22.5. The van der Waals surface area contributed by atoms with E-state index in [1.165, 1.54) is 10.9 Å². The first-order chi connectivity index (χ1) is 7.07. The van der Waals surface area contributed by atoms with Gasteiger partial charge in [0.15, 0.2) is 6.40 Å². The van der Waals surface area contributed by atoms with Crippen LogP contribution in [0, 0.1) is 5.92 Å². The maximum absolute atomic E-state index is 5.62. The Balaban J connectivity index is 0.000000583. The summed E-state index contributed by atoms with van der Waals surface area (Å²) in [7, 11) is 1.25. The Morgan fingerprint density at radius 1 is 1.40 bits per heavy atom. The first-order valence-electron chi connectivity index (χ1n) is 5.09. The molecule has 0 aromatic carbocycles. The average Bonchev–Trinajstić information content (AvgIpc) is 2.63. The van der Waals surface area contributed by atoms with Crippen molar-refractivity contribution in [2.75, 3.05) is 0 Å². The van der Waals surface area contributed by atoms with Crippen LogP contribution in [0.15, 0.2) is 4.99 Å². The van der Waals surface area contributed by atoms with E-state index >= 15 is 0 Å². The quantitative estimate of drug-likeness (QED) is 0.661. The molecule has 1 heterocycles. The molecule has 15 heavy (non-hydrogen) atoms. The van der Waals surface area contributed by atoms with Crippen LogP contribution in [0.25, 0.3) is 0 Å². The maximum atomic E-state index is 5.62. The molecule has 0 spiro atoms. The number of ether oxygens (including phenoxy) is 1. The predicted molar refractivity (Wildman–Crippen MR) is 69.4 cm³/mol. The average molecular weight is 388 g/mol. The fourth-order valence-corrected chi connectivity index (χ4v) is 2.02. The van der Waals surface area contributed by atoms with Gasteiger partial charge in [0.25, 0.3) is 0 Å². The molecule has 1 atom stereocenters. The number of halogens is 2. The van der Waals surface area contributed by atoms with Crippen molar-refractivity contribution in [3.05, 3.63) is 0 Å². The molecule has 0 fully saturated rings. The summed E-state index contributed by atoms with van der Waals surface area (Å²) in [5.74, 6) is 0.573. The van der Waals surface area contributed by atoms with Crippen LogP contribution in [0.2, 0.25) is 0 Å². The van der Waals surface area contributed by atoms with Crippen LogP contribution in [0.5, 0.6) is 0 Å². The van der Waals surface area contributed by atoms with Crippen LogP contribution in [0.3, 0.4) is 0 Å². The topological polar surface area (TPSA) is 21.6 Å². The van der Waals surface area contributed by atoms with E-state index in [0.717, 1.165) is 12.8 Å². The van der Waals surface area contributed by atoms with Crippen LogP contribution in [0.4, 0.5) is 0 Å². The molecule has 0 saturated heterocycles. The molecule has 0 aliphatic carbocycles. The number of hydrogen-bond donors (Lipinski definition) is 0. The molecule has 1 aliphatic rings. The van der Waals surface area contributed by atoms with Crippen molar-refractivity contribution in [1.29, 1.82) is 0 Å². The molecule has 0 amide bonds. The molecule has 2 nitrogen and oxygen atoms in total. The van der Waals surface area contributed by atoms with Gasteiger partial charge in [-0.2, -0.15) is 0 Å². The SMILES string of the molecule is CCC1(CC)OC=N[C@@H]1C(C)C.[Br][Ni][Br]. The zero-order valence-electron chi connectivity index (χ0n) is 9.57. The Morgan fingerprint density at radius 2 is 1.87 bits per heavy atom. The van der Waals surface area contributed by atoms with Gasteiger partial charge in [-0.15, -0.1) is 0 Å². The van der Waals surface area contributed by atoms with Crippen molar-refractivity contribution in [1.82, 2.24) is 0 Å². The Labute approximate surface area is 113 Å². The van der Waals surface area contributed by atoms with Gasteiger partial charge >= 0.3 is 39.3 Å². The molecule has 0 bridgehead atoms. The number of rotatable bonds is 3. The number of nitrogens with zero attached hydrogens (tertiary/aromatic N) is 1. The van der Waals surface area contributed by atoms with Crippen molar-refractivity contribution in [2.45, 2.75) is 52.2 Å². The van der Waals surface area contributed by atoms with Crippen molar-refractivity contribution in [2.24, 2.45) is 10.9 Å². The summed E-state index contributed by atoms with van der Waals surface area (Å²) in [5, 5.41) is 0. The van der Waals surface area contributed by atoms with E-state index in [-0.39, 0.29) is 5.60 Å². The molecule has 0 aromatic rings. The molecule has 94 valence electrons. The third-order valence-electron chi connectivity index (χ3n) is 2.88. The van der Waals surface area contributed by atoms with Crippen LogP contribution < -0.4 is 0 Å². The molecule has 0 aromatic heterocycles. The summed E-state index contributed by atoms with van der Waals surface area (Å²) in [6.07, 6.45) is 3.73. The van der Waals surface area contributed by atoms with E-state index in [1.54, 1.807) is 6.40 Å². The van der Waals surface area contributed by atoms with Crippen molar-refractivity contribution in [3.63, 3.8) is 0 Å². The van der Waals surface area contributed by atoms with Crippen LogP contribution >= 0.6 is 28.5 Å². The summed E-state index contributed by atoms with van der Waals surface area (Å²) < 4.78 is 5.62. The standard InChI is InChI=1S/C10H19NO.2BrH.Ni/c1-5-10(6-2)9(8(3)4)11-7-12-10;;;/h7-9H,5-6H2,1-4H3;2*1H;/q;;;+2/p-2/t9-;;;/m1.../s1. The molecule has 5 heteroatoms. The number of hydrogen-bond acceptors (Lipinski definition) is 2. The molecule has 0 saturated carbocycles. The van der Waals surface area contributed by atoms with Gasteiger partial charge in [-0.25, -0.2) is 0 Å². The first kappa shape index (κ1) is 15.9. The third-order valence-corrected chi connectivity index (χ3v) is 2.88. The van der Waals surface area contributed by atoms with Gasteiger partial charge in [0.05, 0.1) is 6.04 Å². The zero-order chi connectivity index (χ0) is 11.9. The monoisotopic (exact) mass is 385 g/mol. The fraction of sp³-hybridized carbons (Fsp3) is 0.900. The van der Waals surface area contributed by atoms with Gasteiger partial charge < -0.3 is 4.74 Å². The van der Waals surface area contributed by atoms with Crippen molar-refractivity contribution >= 4 is 34.9 Å². The van der Waals surface area contributed by atoms with Gasteiger partial charge in [0, 0.05) is 0 Å². The Morgan fingerprint density at radius 3 is 2.13 bits per heavy atom. The minimum absolute atomic E-state index is 0.00579. The Kier molecular flexibility index (Phi) is 8.58. The summed E-state index contributed by atoms with van der Waals surface area (Å²) in [4.78, 5) is 4.38. The van der Waals surface area contributed by atoms with Crippen LogP contribution in [0.1, 0.15) is 40.5 Å². The van der Waals surface area contributed by atoms with E-state index in [2.05, 4.69) is 61.1 Å². The molecule has 1 rings (SSSR count).